The minimum atomic E-state index is -0.745. The van der Waals surface area contributed by atoms with Gasteiger partial charge in [-0.15, -0.1) is 11.3 Å². The predicted octanol–water partition coefficient (Wildman–Crippen LogP) is 4.50. The second-order valence-corrected chi connectivity index (χ2v) is 7.81. The number of ether oxygens (including phenoxy) is 1. The van der Waals surface area contributed by atoms with E-state index in [0.717, 1.165) is 11.1 Å². The van der Waals surface area contributed by atoms with Crippen molar-refractivity contribution in [1.82, 2.24) is 10.6 Å². The van der Waals surface area contributed by atoms with Crippen LogP contribution in [0.25, 0.3) is 0 Å². The fourth-order valence-electron chi connectivity index (χ4n) is 3.02. The summed E-state index contributed by atoms with van der Waals surface area (Å²) in [6.07, 6.45) is 0.688. The SMILES string of the molecule is C[C@H](OCCCNC(=O)[C@@H](NC(=O)c1cccs1)c1ccccc1)c1ccccc1. The lowest BCUT2D eigenvalue weighted by atomic mass is 10.1. The zero-order chi connectivity index (χ0) is 21.2. The van der Waals surface area contributed by atoms with Gasteiger partial charge in [0.15, 0.2) is 0 Å². The van der Waals surface area contributed by atoms with E-state index in [-0.39, 0.29) is 17.9 Å². The Morgan fingerprint density at radius 2 is 1.60 bits per heavy atom. The van der Waals surface area contributed by atoms with Gasteiger partial charge in [-0.2, -0.15) is 0 Å². The zero-order valence-corrected chi connectivity index (χ0v) is 17.7. The molecule has 3 rings (SSSR count). The Kier molecular flexibility index (Phi) is 8.18. The molecule has 3 aromatic rings. The minimum Gasteiger partial charge on any atom is -0.374 e. The average molecular weight is 423 g/mol. The maximum Gasteiger partial charge on any atom is 0.262 e. The van der Waals surface area contributed by atoms with Gasteiger partial charge < -0.3 is 15.4 Å². The van der Waals surface area contributed by atoms with E-state index in [4.69, 9.17) is 4.74 Å². The molecule has 156 valence electrons. The number of rotatable bonds is 10. The van der Waals surface area contributed by atoms with Crippen LogP contribution in [0.3, 0.4) is 0 Å². The number of amides is 2. The molecule has 0 bridgehead atoms. The third-order valence-electron chi connectivity index (χ3n) is 4.67. The van der Waals surface area contributed by atoms with Crippen LogP contribution in [0.15, 0.2) is 78.2 Å². The lowest BCUT2D eigenvalue weighted by molar-refractivity contribution is -0.123. The van der Waals surface area contributed by atoms with Gasteiger partial charge in [0, 0.05) is 13.2 Å². The first-order valence-electron chi connectivity index (χ1n) is 9.98. The standard InChI is InChI=1S/C24H26N2O3S/c1-18(19-10-4-2-5-11-19)29-16-9-15-25-24(28)22(20-12-6-3-7-13-20)26-23(27)21-14-8-17-30-21/h2-8,10-14,17-18,22H,9,15-16H2,1H3,(H,25,28)(H,26,27)/t18-,22-/m0/s1. The highest BCUT2D eigenvalue weighted by Crippen LogP contribution is 2.17. The number of carbonyl (C=O) groups excluding carboxylic acids is 2. The van der Waals surface area contributed by atoms with Gasteiger partial charge in [0.1, 0.15) is 6.04 Å². The van der Waals surface area contributed by atoms with Crippen LogP contribution in [0, 0.1) is 0 Å². The molecule has 0 unspecified atom stereocenters. The number of carbonyl (C=O) groups is 2. The Bertz CT molecular complexity index is 914. The maximum absolute atomic E-state index is 12.8. The van der Waals surface area contributed by atoms with Crippen LogP contribution in [0.5, 0.6) is 0 Å². The molecule has 1 heterocycles. The molecule has 6 heteroatoms. The highest BCUT2D eigenvalue weighted by atomic mass is 32.1. The third-order valence-corrected chi connectivity index (χ3v) is 5.54. The maximum atomic E-state index is 12.8. The van der Waals surface area contributed by atoms with E-state index in [1.807, 2.05) is 79.0 Å². The summed E-state index contributed by atoms with van der Waals surface area (Å²) in [4.78, 5) is 25.9. The van der Waals surface area contributed by atoms with Crippen molar-refractivity contribution in [2.24, 2.45) is 0 Å². The topological polar surface area (TPSA) is 67.4 Å². The van der Waals surface area contributed by atoms with Crippen molar-refractivity contribution in [3.63, 3.8) is 0 Å². The van der Waals surface area contributed by atoms with E-state index in [1.54, 1.807) is 6.07 Å². The molecule has 1 aromatic heterocycles. The minimum absolute atomic E-state index is 0.00375. The normalized spacial score (nSPS) is 12.7. The summed E-state index contributed by atoms with van der Waals surface area (Å²) in [6.45, 7) is 3.02. The predicted molar refractivity (Wildman–Crippen MR) is 119 cm³/mol. The van der Waals surface area contributed by atoms with Gasteiger partial charge in [-0.25, -0.2) is 0 Å². The molecular formula is C24H26N2O3S. The number of hydrogen-bond donors (Lipinski definition) is 2. The van der Waals surface area contributed by atoms with E-state index >= 15 is 0 Å². The second-order valence-electron chi connectivity index (χ2n) is 6.86. The molecule has 0 aliphatic heterocycles. The summed E-state index contributed by atoms with van der Waals surface area (Å²) in [5.74, 6) is -0.490. The fourth-order valence-corrected chi connectivity index (χ4v) is 3.65. The largest absolute Gasteiger partial charge is 0.374 e. The molecule has 0 aliphatic rings. The van der Waals surface area contributed by atoms with Crippen LogP contribution in [0.4, 0.5) is 0 Å². The van der Waals surface area contributed by atoms with Gasteiger partial charge in [0.05, 0.1) is 11.0 Å². The van der Waals surface area contributed by atoms with Crippen molar-refractivity contribution >= 4 is 23.2 Å². The number of hydrogen-bond acceptors (Lipinski definition) is 4. The molecule has 0 aliphatic carbocycles. The van der Waals surface area contributed by atoms with Crippen molar-refractivity contribution in [3.8, 4) is 0 Å². The lowest BCUT2D eigenvalue weighted by Gasteiger charge is -2.19. The van der Waals surface area contributed by atoms with Crippen LogP contribution in [0.2, 0.25) is 0 Å². The number of benzene rings is 2. The van der Waals surface area contributed by atoms with Gasteiger partial charge in [0.25, 0.3) is 5.91 Å². The first-order valence-corrected chi connectivity index (χ1v) is 10.9. The van der Waals surface area contributed by atoms with Crippen LogP contribution in [-0.4, -0.2) is 25.0 Å². The van der Waals surface area contributed by atoms with Crippen LogP contribution in [-0.2, 0) is 9.53 Å². The van der Waals surface area contributed by atoms with Crippen LogP contribution in [0.1, 0.15) is 46.3 Å². The molecular weight excluding hydrogens is 396 g/mol. The molecule has 0 fully saturated rings. The smallest absolute Gasteiger partial charge is 0.262 e. The quantitative estimate of drug-likeness (QED) is 0.473. The van der Waals surface area contributed by atoms with Gasteiger partial charge in [0.2, 0.25) is 5.91 Å². The molecule has 2 atom stereocenters. The molecule has 30 heavy (non-hydrogen) atoms. The summed E-state index contributed by atoms with van der Waals surface area (Å²) < 4.78 is 5.85. The first kappa shape index (κ1) is 21.7. The van der Waals surface area contributed by atoms with E-state index in [9.17, 15) is 9.59 Å². The summed E-state index contributed by atoms with van der Waals surface area (Å²) in [5, 5.41) is 7.60. The monoisotopic (exact) mass is 422 g/mol. The van der Waals surface area contributed by atoms with Gasteiger partial charge in [-0.05, 0) is 35.9 Å². The van der Waals surface area contributed by atoms with Crippen molar-refractivity contribution < 1.29 is 14.3 Å². The number of thiophene rings is 1. The van der Waals surface area contributed by atoms with Crippen LogP contribution >= 0.6 is 11.3 Å². The van der Waals surface area contributed by atoms with Crippen molar-refractivity contribution in [3.05, 3.63) is 94.2 Å². The molecule has 0 radical (unpaired) electrons. The molecule has 0 saturated heterocycles. The lowest BCUT2D eigenvalue weighted by Crippen LogP contribution is -2.40. The summed E-state index contributed by atoms with van der Waals surface area (Å²) >= 11 is 1.34. The Balaban J connectivity index is 1.50. The van der Waals surface area contributed by atoms with Crippen LogP contribution < -0.4 is 10.6 Å². The third kappa shape index (κ3) is 6.27. The molecule has 2 amide bonds. The molecule has 0 saturated carbocycles. The van der Waals surface area contributed by atoms with Crippen molar-refractivity contribution in [1.29, 1.82) is 0 Å². The fraction of sp³-hybridized carbons (Fsp3) is 0.250. The summed E-state index contributed by atoms with van der Waals surface area (Å²) in [5.41, 5.74) is 1.87. The highest BCUT2D eigenvalue weighted by molar-refractivity contribution is 7.12. The van der Waals surface area contributed by atoms with E-state index in [2.05, 4.69) is 10.6 Å². The Hall–Kier alpha value is -2.96. The Morgan fingerprint density at radius 1 is 0.933 bits per heavy atom. The first-order chi connectivity index (χ1) is 14.6. The molecule has 2 aromatic carbocycles. The van der Waals surface area contributed by atoms with E-state index < -0.39 is 6.04 Å². The molecule has 0 spiro atoms. The summed E-state index contributed by atoms with van der Waals surface area (Å²) in [7, 11) is 0. The van der Waals surface area contributed by atoms with Gasteiger partial charge in [-0.3, -0.25) is 9.59 Å². The second kappa shape index (κ2) is 11.3. The molecule has 5 nitrogen and oxygen atoms in total. The highest BCUT2D eigenvalue weighted by Gasteiger charge is 2.23. The zero-order valence-electron chi connectivity index (χ0n) is 16.9. The average Bonchev–Trinajstić information content (AvgIpc) is 3.33. The van der Waals surface area contributed by atoms with Crippen molar-refractivity contribution in [2.75, 3.05) is 13.2 Å². The van der Waals surface area contributed by atoms with E-state index in [1.165, 1.54) is 11.3 Å². The van der Waals surface area contributed by atoms with Gasteiger partial charge >= 0.3 is 0 Å². The van der Waals surface area contributed by atoms with Crippen molar-refractivity contribution in [2.45, 2.75) is 25.5 Å². The number of nitrogens with one attached hydrogen (secondary N) is 2. The Morgan fingerprint density at radius 3 is 2.23 bits per heavy atom. The van der Waals surface area contributed by atoms with Gasteiger partial charge in [-0.1, -0.05) is 66.7 Å². The van der Waals surface area contributed by atoms with E-state index in [0.29, 0.717) is 24.4 Å². The summed E-state index contributed by atoms with van der Waals surface area (Å²) in [6, 6.07) is 22.1. The Labute approximate surface area is 181 Å². The molecule has 2 N–H and O–H groups in total.